The largest absolute Gasteiger partial charge is 0.497 e. The molecule has 5 rings (SSSR count). The maximum Gasteiger partial charge on any atom is 0.253 e. The second-order valence-corrected chi connectivity index (χ2v) is 9.44. The summed E-state index contributed by atoms with van der Waals surface area (Å²) >= 11 is 0. The minimum absolute atomic E-state index is 0.0798. The van der Waals surface area contributed by atoms with Crippen LogP contribution < -0.4 is 9.47 Å². The van der Waals surface area contributed by atoms with Crippen molar-refractivity contribution >= 4 is 16.8 Å². The van der Waals surface area contributed by atoms with Gasteiger partial charge in [-0.3, -0.25) is 9.69 Å². The van der Waals surface area contributed by atoms with E-state index in [0.717, 1.165) is 61.9 Å². The molecule has 0 radical (unpaired) electrons. The molecule has 36 heavy (non-hydrogen) atoms. The van der Waals surface area contributed by atoms with E-state index in [-0.39, 0.29) is 5.91 Å². The summed E-state index contributed by atoms with van der Waals surface area (Å²) in [6.45, 7) is 8.46. The highest BCUT2D eigenvalue weighted by atomic mass is 16.5. The van der Waals surface area contributed by atoms with Crippen LogP contribution in [0.5, 0.6) is 17.2 Å². The van der Waals surface area contributed by atoms with Gasteiger partial charge in [0.2, 0.25) is 0 Å². The molecule has 4 aromatic rings. The number of nitrogens with zero attached hydrogens (tertiary/aromatic N) is 2. The van der Waals surface area contributed by atoms with Gasteiger partial charge in [0.15, 0.2) is 0 Å². The molecular formula is C30H33N3O3. The number of benzene rings is 3. The highest BCUT2D eigenvalue weighted by Gasteiger charge is 2.22. The molecule has 186 valence electrons. The van der Waals surface area contributed by atoms with E-state index in [9.17, 15) is 4.79 Å². The zero-order valence-corrected chi connectivity index (χ0v) is 21.2. The topological polar surface area (TPSA) is 57.8 Å². The zero-order chi connectivity index (χ0) is 25.1. The van der Waals surface area contributed by atoms with E-state index in [0.29, 0.717) is 5.56 Å². The van der Waals surface area contributed by atoms with Gasteiger partial charge >= 0.3 is 0 Å². The van der Waals surface area contributed by atoms with Gasteiger partial charge in [0.05, 0.1) is 7.11 Å². The van der Waals surface area contributed by atoms with Crippen molar-refractivity contribution < 1.29 is 14.3 Å². The van der Waals surface area contributed by atoms with Crippen LogP contribution in [-0.4, -0.2) is 60.5 Å². The normalized spacial score (nSPS) is 14.2. The first kappa shape index (κ1) is 23.9. The Bertz CT molecular complexity index is 1330. The van der Waals surface area contributed by atoms with E-state index < -0.39 is 0 Å². The summed E-state index contributed by atoms with van der Waals surface area (Å²) < 4.78 is 11.3. The van der Waals surface area contributed by atoms with Crippen LogP contribution in [-0.2, 0) is 6.42 Å². The maximum atomic E-state index is 13.1. The van der Waals surface area contributed by atoms with E-state index in [1.807, 2.05) is 53.4 Å². The molecule has 0 aliphatic carbocycles. The predicted molar refractivity (Wildman–Crippen MR) is 143 cm³/mol. The molecule has 0 spiro atoms. The van der Waals surface area contributed by atoms with Crippen molar-refractivity contribution in [3.8, 4) is 17.2 Å². The summed E-state index contributed by atoms with van der Waals surface area (Å²) in [7, 11) is 1.69. The summed E-state index contributed by atoms with van der Waals surface area (Å²) in [6.07, 6.45) is 0.996. The van der Waals surface area contributed by atoms with Crippen molar-refractivity contribution in [2.24, 2.45) is 0 Å². The Morgan fingerprint density at radius 2 is 1.53 bits per heavy atom. The molecule has 6 nitrogen and oxygen atoms in total. The lowest BCUT2D eigenvalue weighted by Crippen LogP contribution is -2.49. The number of aromatic amines is 1. The van der Waals surface area contributed by atoms with Gasteiger partial charge < -0.3 is 19.4 Å². The summed E-state index contributed by atoms with van der Waals surface area (Å²) in [5.74, 6) is 2.47. The van der Waals surface area contributed by atoms with Crippen LogP contribution in [0.25, 0.3) is 10.9 Å². The fourth-order valence-corrected chi connectivity index (χ4v) is 4.74. The number of amides is 1. The van der Waals surface area contributed by atoms with Crippen LogP contribution in [0, 0.1) is 13.8 Å². The monoisotopic (exact) mass is 483 g/mol. The standard InChI is InChI=1S/C30H33N3O3/c1-21-22(2)31-29-13-12-27(20-28(21)29)36-26-10-6-24(7-11-26)30(34)33-18-16-32(17-19-33)15-14-23-4-8-25(35-3)9-5-23/h4-13,20,31H,14-19H2,1-3H3. The van der Waals surface area contributed by atoms with Crippen LogP contribution in [0.2, 0.25) is 0 Å². The highest BCUT2D eigenvalue weighted by Crippen LogP contribution is 2.29. The quantitative estimate of drug-likeness (QED) is 0.373. The van der Waals surface area contributed by atoms with E-state index in [4.69, 9.17) is 9.47 Å². The molecule has 0 atom stereocenters. The summed E-state index contributed by atoms with van der Waals surface area (Å²) in [6, 6.07) is 21.8. The Balaban J connectivity index is 1.13. The van der Waals surface area contributed by atoms with Crippen molar-refractivity contribution in [2.75, 3.05) is 39.8 Å². The van der Waals surface area contributed by atoms with Crippen LogP contribution in [0.4, 0.5) is 0 Å². The molecule has 1 aliphatic rings. The molecule has 1 N–H and O–H groups in total. The number of aryl methyl sites for hydroxylation is 2. The van der Waals surface area contributed by atoms with Crippen LogP contribution >= 0.6 is 0 Å². The van der Waals surface area contributed by atoms with Gasteiger partial charge in [-0.05, 0) is 86.0 Å². The van der Waals surface area contributed by atoms with Crippen LogP contribution in [0.1, 0.15) is 27.2 Å². The zero-order valence-electron chi connectivity index (χ0n) is 21.2. The number of methoxy groups -OCH3 is 1. The Morgan fingerprint density at radius 3 is 2.22 bits per heavy atom. The molecule has 1 saturated heterocycles. The number of carbonyl (C=O) groups is 1. The van der Waals surface area contributed by atoms with Gasteiger partial charge in [-0.25, -0.2) is 0 Å². The molecule has 1 aliphatic heterocycles. The minimum atomic E-state index is 0.0798. The predicted octanol–water partition coefficient (Wildman–Crippen LogP) is 5.59. The second kappa shape index (κ2) is 10.5. The Hall–Kier alpha value is -3.77. The SMILES string of the molecule is COc1ccc(CCN2CCN(C(=O)c3ccc(Oc4ccc5[nH]c(C)c(C)c5c4)cc3)CC2)cc1. The molecule has 0 unspecified atom stereocenters. The number of H-pyrrole nitrogens is 1. The van der Waals surface area contributed by atoms with Crippen LogP contribution in [0.15, 0.2) is 66.7 Å². The van der Waals surface area contributed by atoms with E-state index >= 15 is 0 Å². The number of nitrogens with one attached hydrogen (secondary N) is 1. The van der Waals surface area contributed by atoms with Gasteiger partial charge in [-0.1, -0.05) is 12.1 Å². The Morgan fingerprint density at radius 1 is 0.861 bits per heavy atom. The number of aromatic nitrogens is 1. The maximum absolute atomic E-state index is 13.1. The lowest BCUT2D eigenvalue weighted by Gasteiger charge is -2.34. The Kier molecular flexibility index (Phi) is 6.96. The molecule has 2 heterocycles. The number of piperazine rings is 1. The number of hydrogen-bond acceptors (Lipinski definition) is 4. The van der Waals surface area contributed by atoms with Crippen molar-refractivity contribution in [3.63, 3.8) is 0 Å². The average molecular weight is 484 g/mol. The first-order chi connectivity index (χ1) is 17.5. The van der Waals surface area contributed by atoms with Crippen molar-refractivity contribution in [1.82, 2.24) is 14.8 Å². The molecular weight excluding hydrogens is 450 g/mol. The fourth-order valence-electron chi connectivity index (χ4n) is 4.74. The first-order valence-corrected chi connectivity index (χ1v) is 12.5. The number of fused-ring (bicyclic) bond motifs is 1. The third kappa shape index (κ3) is 5.24. The molecule has 1 fully saturated rings. The fraction of sp³-hybridized carbons (Fsp3) is 0.300. The number of ether oxygens (including phenoxy) is 2. The van der Waals surface area contributed by atoms with Crippen molar-refractivity contribution in [3.05, 3.63) is 89.1 Å². The summed E-state index contributed by atoms with van der Waals surface area (Å²) in [5, 5.41) is 1.17. The van der Waals surface area contributed by atoms with Gasteiger partial charge in [-0.15, -0.1) is 0 Å². The average Bonchev–Trinajstić information content (AvgIpc) is 3.20. The second-order valence-electron chi connectivity index (χ2n) is 9.44. The molecule has 1 aromatic heterocycles. The molecule has 0 bridgehead atoms. The first-order valence-electron chi connectivity index (χ1n) is 12.5. The molecule has 6 heteroatoms. The van der Waals surface area contributed by atoms with E-state index in [1.165, 1.54) is 22.2 Å². The number of carbonyl (C=O) groups excluding carboxylic acids is 1. The number of hydrogen-bond donors (Lipinski definition) is 1. The molecule has 3 aromatic carbocycles. The lowest BCUT2D eigenvalue weighted by atomic mass is 10.1. The summed E-state index contributed by atoms with van der Waals surface area (Å²) in [5.41, 5.74) is 5.51. The van der Waals surface area contributed by atoms with Crippen LogP contribution in [0.3, 0.4) is 0 Å². The Labute approximate surface area is 212 Å². The molecule has 1 amide bonds. The highest BCUT2D eigenvalue weighted by molar-refractivity contribution is 5.94. The van der Waals surface area contributed by atoms with Gasteiger partial charge in [0.1, 0.15) is 17.2 Å². The van der Waals surface area contributed by atoms with E-state index in [2.05, 4.69) is 41.9 Å². The van der Waals surface area contributed by atoms with Crippen molar-refractivity contribution in [1.29, 1.82) is 0 Å². The minimum Gasteiger partial charge on any atom is -0.497 e. The third-order valence-corrected chi connectivity index (χ3v) is 7.15. The third-order valence-electron chi connectivity index (χ3n) is 7.15. The smallest absolute Gasteiger partial charge is 0.253 e. The van der Waals surface area contributed by atoms with E-state index in [1.54, 1.807) is 7.11 Å². The van der Waals surface area contributed by atoms with Gasteiger partial charge in [-0.2, -0.15) is 0 Å². The van der Waals surface area contributed by atoms with Crippen molar-refractivity contribution in [2.45, 2.75) is 20.3 Å². The van der Waals surface area contributed by atoms with Gasteiger partial charge in [0.25, 0.3) is 5.91 Å². The lowest BCUT2D eigenvalue weighted by molar-refractivity contribution is 0.0638. The molecule has 0 saturated carbocycles. The summed E-state index contributed by atoms with van der Waals surface area (Å²) in [4.78, 5) is 20.8. The van der Waals surface area contributed by atoms with Gasteiger partial charge in [0, 0.05) is 54.9 Å². The number of rotatable bonds is 7.